The summed E-state index contributed by atoms with van der Waals surface area (Å²) in [6.45, 7) is 3.45. The summed E-state index contributed by atoms with van der Waals surface area (Å²) in [5.74, 6) is 4.95. The fraction of sp³-hybridized carbons (Fsp3) is 0.290. The van der Waals surface area contributed by atoms with Crippen LogP contribution in [0.1, 0.15) is 37.0 Å². The number of benzene rings is 3. The van der Waals surface area contributed by atoms with Crippen molar-refractivity contribution >= 4 is 35.1 Å². The van der Waals surface area contributed by atoms with E-state index in [0.717, 1.165) is 0 Å². The van der Waals surface area contributed by atoms with E-state index in [1.807, 2.05) is 0 Å². The number of rotatable bonds is 10. The molecular weight excluding hydrogens is 539 g/mol. The van der Waals surface area contributed by atoms with E-state index in [0.29, 0.717) is 32.5 Å². The van der Waals surface area contributed by atoms with Crippen molar-refractivity contribution in [3.05, 3.63) is 99.5 Å². The minimum Gasteiger partial charge on any atom is -0.497 e. The van der Waals surface area contributed by atoms with Gasteiger partial charge in [-0.3, -0.25) is 9.59 Å². The topological polar surface area (TPSA) is 82.1 Å². The average Bonchev–Trinajstić information content (AvgIpc) is 2.93. The summed E-state index contributed by atoms with van der Waals surface area (Å²) < 4.78 is 15.9. The van der Waals surface area contributed by atoms with Gasteiger partial charge in [-0.1, -0.05) is 71.4 Å². The quantitative estimate of drug-likeness (QED) is 0.184. The lowest BCUT2D eigenvalue weighted by Gasteiger charge is -2.28. The number of hydrogen-bond acceptors (Lipinski definition) is 6. The number of carbonyl (C=O) groups excluding carboxylic acids is 2. The molecule has 0 unspecified atom stereocenters. The van der Waals surface area contributed by atoms with Crippen LogP contribution in [0.5, 0.6) is 5.75 Å². The molecule has 0 amide bonds. The number of esters is 2. The van der Waals surface area contributed by atoms with Crippen molar-refractivity contribution in [3.8, 4) is 17.6 Å². The Hall–Kier alpha value is -3.50. The van der Waals surface area contributed by atoms with Gasteiger partial charge < -0.3 is 19.3 Å². The van der Waals surface area contributed by atoms with Crippen molar-refractivity contribution in [2.75, 3.05) is 20.3 Å². The van der Waals surface area contributed by atoms with Gasteiger partial charge in [-0.15, -0.1) is 0 Å². The van der Waals surface area contributed by atoms with Crippen LogP contribution in [0, 0.1) is 17.3 Å². The van der Waals surface area contributed by atoms with Crippen LogP contribution in [-0.4, -0.2) is 37.4 Å². The van der Waals surface area contributed by atoms with Crippen LogP contribution in [0.3, 0.4) is 0 Å². The van der Waals surface area contributed by atoms with Gasteiger partial charge in [-0.25, -0.2) is 0 Å². The first-order valence-electron chi connectivity index (χ1n) is 12.4. The second-order valence-electron chi connectivity index (χ2n) is 8.75. The highest BCUT2D eigenvalue weighted by Gasteiger charge is 2.48. The van der Waals surface area contributed by atoms with E-state index in [4.69, 9.17) is 37.4 Å². The fourth-order valence-corrected chi connectivity index (χ4v) is 4.33. The largest absolute Gasteiger partial charge is 0.497 e. The molecule has 0 atom stereocenters. The Bertz CT molecular complexity index is 1260. The lowest BCUT2D eigenvalue weighted by Crippen LogP contribution is -2.44. The summed E-state index contributed by atoms with van der Waals surface area (Å²) in [4.78, 5) is 26.7. The van der Waals surface area contributed by atoms with Gasteiger partial charge in [-0.2, -0.15) is 0 Å². The SMILES string of the molecule is CCOC(=O)C(CC#CC(O)(c1ccc(Cl)cc1)c1ccc(Cl)cc1)(Cc1ccc(OC)cc1)C(=O)OCC. The molecule has 0 saturated heterocycles. The average molecular weight is 569 g/mol. The fourth-order valence-electron chi connectivity index (χ4n) is 4.08. The number of aliphatic hydroxyl groups is 1. The second-order valence-corrected chi connectivity index (χ2v) is 9.62. The molecule has 39 heavy (non-hydrogen) atoms. The lowest BCUT2D eigenvalue weighted by molar-refractivity contribution is -0.171. The third-order valence-electron chi connectivity index (χ3n) is 6.18. The van der Waals surface area contributed by atoms with Crippen LogP contribution >= 0.6 is 23.2 Å². The van der Waals surface area contributed by atoms with Gasteiger partial charge in [0.15, 0.2) is 11.0 Å². The Balaban J connectivity index is 2.12. The van der Waals surface area contributed by atoms with E-state index in [-0.39, 0.29) is 26.1 Å². The summed E-state index contributed by atoms with van der Waals surface area (Å²) in [5, 5.41) is 12.8. The Morgan fingerprint density at radius 3 is 1.67 bits per heavy atom. The summed E-state index contributed by atoms with van der Waals surface area (Å²) in [6, 6.07) is 20.2. The normalized spacial score (nSPS) is 11.2. The van der Waals surface area contributed by atoms with Crippen molar-refractivity contribution in [3.63, 3.8) is 0 Å². The van der Waals surface area contributed by atoms with Crippen molar-refractivity contribution in [1.82, 2.24) is 0 Å². The zero-order chi connectivity index (χ0) is 28.5. The van der Waals surface area contributed by atoms with E-state index >= 15 is 0 Å². The molecule has 6 nitrogen and oxygen atoms in total. The third kappa shape index (κ3) is 7.13. The zero-order valence-electron chi connectivity index (χ0n) is 22.0. The standard InChI is InChI=1S/C31H30Cl2O6/c1-4-38-28(34)30(29(35)39-5-2,21-22-7-17-27(37-3)18-8-22)19-6-20-31(36,23-9-13-25(32)14-10-23)24-11-15-26(33)16-12-24/h7-18,36H,4-5,19,21H2,1-3H3. The number of hydrogen-bond donors (Lipinski definition) is 1. The first kappa shape index (κ1) is 30.0. The first-order chi connectivity index (χ1) is 18.7. The van der Waals surface area contributed by atoms with Gasteiger partial charge in [0.2, 0.25) is 0 Å². The molecule has 3 aromatic rings. The van der Waals surface area contributed by atoms with Gasteiger partial charge in [0.1, 0.15) is 5.75 Å². The highest BCUT2D eigenvalue weighted by atomic mass is 35.5. The van der Waals surface area contributed by atoms with Crippen LogP contribution in [-0.2, 0) is 31.1 Å². The maximum atomic E-state index is 13.4. The molecule has 0 spiro atoms. The number of methoxy groups -OCH3 is 1. The number of ether oxygens (including phenoxy) is 3. The van der Waals surface area contributed by atoms with E-state index in [9.17, 15) is 14.7 Å². The first-order valence-corrected chi connectivity index (χ1v) is 13.2. The highest BCUT2D eigenvalue weighted by molar-refractivity contribution is 6.30. The van der Waals surface area contributed by atoms with E-state index in [1.165, 1.54) is 0 Å². The van der Waals surface area contributed by atoms with Crippen LogP contribution in [0.4, 0.5) is 0 Å². The van der Waals surface area contributed by atoms with Crippen LogP contribution in [0.25, 0.3) is 0 Å². The summed E-state index contributed by atoms with van der Waals surface area (Å²) in [7, 11) is 1.55. The Labute approximate surface area is 238 Å². The Morgan fingerprint density at radius 2 is 1.26 bits per heavy atom. The molecule has 3 aromatic carbocycles. The zero-order valence-corrected chi connectivity index (χ0v) is 23.5. The van der Waals surface area contributed by atoms with Gasteiger partial charge in [0.25, 0.3) is 0 Å². The predicted molar refractivity (Wildman–Crippen MR) is 151 cm³/mol. The Kier molecular flexibility index (Phi) is 10.4. The monoisotopic (exact) mass is 568 g/mol. The van der Waals surface area contributed by atoms with Gasteiger partial charge in [0, 0.05) is 34.0 Å². The van der Waals surface area contributed by atoms with Gasteiger partial charge in [-0.05, 0) is 55.8 Å². The molecule has 0 bridgehead atoms. The smallest absolute Gasteiger partial charge is 0.324 e. The lowest BCUT2D eigenvalue weighted by atomic mass is 9.78. The second kappa shape index (κ2) is 13.5. The molecule has 0 aromatic heterocycles. The van der Waals surface area contributed by atoms with Gasteiger partial charge in [0.05, 0.1) is 20.3 Å². The Morgan fingerprint density at radius 1 is 0.795 bits per heavy atom. The van der Waals surface area contributed by atoms with Crippen molar-refractivity contribution in [1.29, 1.82) is 0 Å². The molecule has 3 rings (SSSR count). The molecule has 0 aliphatic carbocycles. The minimum atomic E-state index is -1.79. The van der Waals surface area contributed by atoms with Crippen molar-refractivity contribution < 1.29 is 28.9 Å². The van der Waals surface area contributed by atoms with Crippen LogP contribution in [0.15, 0.2) is 72.8 Å². The molecular formula is C31H30Cl2O6. The molecule has 0 aliphatic heterocycles. The summed E-state index contributed by atoms with van der Waals surface area (Å²) >= 11 is 12.1. The number of halogens is 2. The van der Waals surface area contributed by atoms with Crippen LogP contribution in [0.2, 0.25) is 10.0 Å². The van der Waals surface area contributed by atoms with E-state index in [1.54, 1.807) is 93.8 Å². The third-order valence-corrected chi connectivity index (χ3v) is 6.68. The predicted octanol–water partition coefficient (Wildman–Crippen LogP) is 5.99. The molecule has 8 heteroatoms. The highest BCUT2D eigenvalue weighted by Crippen LogP contribution is 2.34. The summed E-state index contributed by atoms with van der Waals surface area (Å²) in [6.07, 6.45) is -0.288. The van der Waals surface area contributed by atoms with E-state index in [2.05, 4.69) is 11.8 Å². The molecule has 0 aliphatic rings. The van der Waals surface area contributed by atoms with Crippen molar-refractivity contribution in [2.24, 2.45) is 5.41 Å². The summed E-state index contributed by atoms with van der Waals surface area (Å²) in [5.41, 5.74) is -1.97. The van der Waals surface area contributed by atoms with E-state index < -0.39 is 23.0 Å². The molecule has 0 heterocycles. The van der Waals surface area contributed by atoms with Crippen LogP contribution < -0.4 is 4.74 Å². The molecule has 0 radical (unpaired) electrons. The molecule has 204 valence electrons. The maximum absolute atomic E-state index is 13.4. The van der Waals surface area contributed by atoms with Crippen molar-refractivity contribution in [2.45, 2.75) is 32.3 Å². The number of carbonyl (C=O) groups is 2. The molecule has 0 fully saturated rings. The molecule has 1 N–H and O–H groups in total. The van der Waals surface area contributed by atoms with Gasteiger partial charge >= 0.3 is 11.9 Å². The minimum absolute atomic E-state index is 0.0241. The molecule has 0 saturated carbocycles. The maximum Gasteiger partial charge on any atom is 0.324 e.